The van der Waals surface area contributed by atoms with E-state index in [1.165, 1.54) is 16.9 Å². The highest BCUT2D eigenvalue weighted by molar-refractivity contribution is 7.98. The number of aromatic nitrogens is 2. The molecular weight excluding hydrogens is 442 g/mol. The first-order valence-corrected chi connectivity index (χ1v) is 12.1. The molecule has 6 nitrogen and oxygen atoms in total. The second-order valence-electron chi connectivity index (χ2n) is 7.10. The second-order valence-corrected chi connectivity index (χ2v) is 9.72. The summed E-state index contributed by atoms with van der Waals surface area (Å²) < 4.78 is 5.24. The smallest absolute Gasteiger partial charge is 0.259 e. The molecule has 0 bridgehead atoms. The number of thioether (sulfide) groups is 1. The highest BCUT2D eigenvalue weighted by atomic mass is 35.5. The fourth-order valence-electron chi connectivity index (χ4n) is 3.60. The normalized spacial score (nSPS) is 13.3. The van der Waals surface area contributed by atoms with Gasteiger partial charge < -0.3 is 15.0 Å². The molecule has 4 rings (SSSR count). The summed E-state index contributed by atoms with van der Waals surface area (Å²) >= 11 is 9.21. The van der Waals surface area contributed by atoms with Crippen molar-refractivity contribution in [3.05, 3.63) is 49.8 Å². The van der Waals surface area contributed by atoms with E-state index in [-0.39, 0.29) is 11.5 Å². The first-order chi connectivity index (χ1) is 14.5. The summed E-state index contributed by atoms with van der Waals surface area (Å²) in [7, 11) is 1.54. The molecule has 1 aliphatic carbocycles. The number of benzene rings is 1. The Hall–Kier alpha value is -2.03. The number of ether oxygens (including phenoxy) is 1. The summed E-state index contributed by atoms with van der Waals surface area (Å²) in [6.45, 7) is 0. The van der Waals surface area contributed by atoms with Crippen molar-refractivity contribution in [1.29, 1.82) is 0 Å². The second kappa shape index (κ2) is 9.41. The monoisotopic (exact) mass is 463 g/mol. The van der Waals surface area contributed by atoms with E-state index in [9.17, 15) is 9.59 Å². The van der Waals surface area contributed by atoms with Crippen LogP contribution in [0.1, 0.15) is 35.5 Å². The van der Waals surface area contributed by atoms with Gasteiger partial charge in [0.25, 0.3) is 5.56 Å². The summed E-state index contributed by atoms with van der Waals surface area (Å²) in [5.74, 6) is 2.27. The maximum atomic E-state index is 12.6. The average Bonchev–Trinajstić information content (AvgIpc) is 3.10. The number of methoxy groups -OCH3 is 1. The molecule has 2 heterocycles. The van der Waals surface area contributed by atoms with Gasteiger partial charge in [0.2, 0.25) is 5.91 Å². The number of aromatic amines is 1. The van der Waals surface area contributed by atoms with Crippen LogP contribution in [-0.4, -0.2) is 28.7 Å². The number of nitrogens with zero attached hydrogens (tertiary/aromatic N) is 1. The fraction of sp³-hybridized carbons (Fsp3) is 0.381. The largest absolute Gasteiger partial charge is 0.495 e. The van der Waals surface area contributed by atoms with Gasteiger partial charge in [0.05, 0.1) is 23.9 Å². The zero-order valence-electron chi connectivity index (χ0n) is 16.5. The Balaban J connectivity index is 1.33. The van der Waals surface area contributed by atoms with Crippen molar-refractivity contribution in [3.63, 3.8) is 0 Å². The number of amides is 1. The van der Waals surface area contributed by atoms with E-state index in [1.807, 2.05) is 0 Å². The molecule has 0 radical (unpaired) electrons. The van der Waals surface area contributed by atoms with Crippen LogP contribution in [0.3, 0.4) is 0 Å². The Kier molecular flexibility index (Phi) is 6.65. The molecule has 2 N–H and O–H groups in total. The molecule has 0 atom stereocenters. The number of H-pyrrole nitrogens is 1. The lowest BCUT2D eigenvalue weighted by Gasteiger charge is -2.10. The minimum Gasteiger partial charge on any atom is -0.495 e. The Labute approximate surface area is 187 Å². The Morgan fingerprint density at radius 2 is 2.20 bits per heavy atom. The van der Waals surface area contributed by atoms with Crippen LogP contribution in [0, 0.1) is 0 Å². The van der Waals surface area contributed by atoms with Crippen LogP contribution < -0.4 is 15.6 Å². The molecule has 3 aromatic rings. The Morgan fingerprint density at radius 1 is 1.37 bits per heavy atom. The van der Waals surface area contributed by atoms with E-state index >= 15 is 0 Å². The van der Waals surface area contributed by atoms with Gasteiger partial charge >= 0.3 is 0 Å². The first-order valence-electron chi connectivity index (χ1n) is 9.79. The van der Waals surface area contributed by atoms with Crippen LogP contribution in [0.2, 0.25) is 5.02 Å². The average molecular weight is 464 g/mol. The fourth-order valence-corrected chi connectivity index (χ4v) is 5.86. The third-order valence-electron chi connectivity index (χ3n) is 5.02. The molecule has 0 fully saturated rings. The third kappa shape index (κ3) is 4.66. The molecule has 0 aliphatic heterocycles. The van der Waals surface area contributed by atoms with Crippen molar-refractivity contribution in [2.45, 2.75) is 37.9 Å². The number of aryl methyl sites for hydroxylation is 2. The number of rotatable bonds is 7. The molecule has 1 aromatic carbocycles. The SMILES string of the molecule is COc1ccc(Cl)cc1NC(=O)CCSCc1nc2sc3c(c2c(=O)[nH]1)CCCC3. The molecule has 1 aliphatic rings. The maximum Gasteiger partial charge on any atom is 0.259 e. The Bertz CT molecular complexity index is 1140. The molecule has 0 spiro atoms. The van der Waals surface area contributed by atoms with Gasteiger partial charge in [-0.3, -0.25) is 9.59 Å². The quantitative estimate of drug-likeness (QED) is 0.492. The maximum absolute atomic E-state index is 12.6. The summed E-state index contributed by atoms with van der Waals surface area (Å²) in [5.41, 5.74) is 1.71. The predicted molar refractivity (Wildman–Crippen MR) is 124 cm³/mol. The minimum atomic E-state index is -0.120. The van der Waals surface area contributed by atoms with E-state index in [0.717, 1.165) is 29.5 Å². The van der Waals surface area contributed by atoms with E-state index in [4.69, 9.17) is 16.3 Å². The van der Waals surface area contributed by atoms with Crippen LogP contribution in [0.5, 0.6) is 5.75 Å². The summed E-state index contributed by atoms with van der Waals surface area (Å²) in [6.07, 6.45) is 4.68. The number of hydrogen-bond donors (Lipinski definition) is 2. The molecule has 0 unspecified atom stereocenters. The van der Waals surface area contributed by atoms with Gasteiger partial charge in [0, 0.05) is 22.1 Å². The highest BCUT2D eigenvalue weighted by Crippen LogP contribution is 2.33. The third-order valence-corrected chi connectivity index (χ3v) is 7.41. The van der Waals surface area contributed by atoms with Crippen LogP contribution >= 0.6 is 34.7 Å². The van der Waals surface area contributed by atoms with Gasteiger partial charge in [-0.1, -0.05) is 11.6 Å². The van der Waals surface area contributed by atoms with Crippen molar-refractivity contribution in [2.24, 2.45) is 0 Å². The van der Waals surface area contributed by atoms with Crippen LogP contribution in [0.4, 0.5) is 5.69 Å². The van der Waals surface area contributed by atoms with E-state index < -0.39 is 0 Å². The predicted octanol–water partition coefficient (Wildman–Crippen LogP) is 4.79. The van der Waals surface area contributed by atoms with Gasteiger partial charge in [-0.25, -0.2) is 4.98 Å². The van der Waals surface area contributed by atoms with Crippen LogP contribution in [0.15, 0.2) is 23.0 Å². The number of fused-ring (bicyclic) bond motifs is 3. The Morgan fingerprint density at radius 3 is 3.03 bits per heavy atom. The number of hydrogen-bond acceptors (Lipinski definition) is 6. The minimum absolute atomic E-state index is 0.0409. The summed E-state index contributed by atoms with van der Waals surface area (Å²) in [5, 5.41) is 4.13. The molecule has 30 heavy (non-hydrogen) atoms. The first kappa shape index (κ1) is 21.2. The summed E-state index contributed by atoms with van der Waals surface area (Å²) in [4.78, 5) is 34.6. The van der Waals surface area contributed by atoms with E-state index in [2.05, 4.69) is 15.3 Å². The topological polar surface area (TPSA) is 84.1 Å². The van der Waals surface area contributed by atoms with Gasteiger partial charge in [-0.05, 0) is 49.4 Å². The number of nitrogens with one attached hydrogen (secondary N) is 2. The molecule has 0 saturated carbocycles. The van der Waals surface area contributed by atoms with Gasteiger partial charge in [-0.15, -0.1) is 11.3 Å². The number of carbonyl (C=O) groups is 1. The lowest BCUT2D eigenvalue weighted by atomic mass is 9.97. The molecular formula is C21H22ClN3O3S2. The van der Waals surface area contributed by atoms with Crippen molar-refractivity contribution in [1.82, 2.24) is 9.97 Å². The molecule has 9 heteroatoms. The molecule has 2 aromatic heterocycles. The van der Waals surface area contributed by atoms with Crippen LogP contribution in [0.25, 0.3) is 10.2 Å². The van der Waals surface area contributed by atoms with Crippen molar-refractivity contribution >= 4 is 56.5 Å². The standard InChI is InChI=1S/C21H22ClN3O3S2/c1-28-15-7-6-12(22)10-14(15)23-18(26)8-9-29-11-17-24-20(27)19-13-4-2-3-5-16(13)30-21(19)25-17/h6-7,10H,2-5,8-9,11H2,1H3,(H,23,26)(H,24,25,27). The lowest BCUT2D eigenvalue weighted by Crippen LogP contribution is -2.14. The van der Waals surface area contributed by atoms with Gasteiger partial charge in [0.1, 0.15) is 16.4 Å². The van der Waals surface area contributed by atoms with Crippen molar-refractivity contribution in [3.8, 4) is 5.75 Å². The van der Waals surface area contributed by atoms with Gasteiger partial charge in [-0.2, -0.15) is 11.8 Å². The zero-order chi connectivity index (χ0) is 21.1. The van der Waals surface area contributed by atoms with E-state index in [1.54, 1.807) is 48.4 Å². The van der Waals surface area contributed by atoms with Crippen molar-refractivity contribution in [2.75, 3.05) is 18.2 Å². The highest BCUT2D eigenvalue weighted by Gasteiger charge is 2.19. The zero-order valence-corrected chi connectivity index (χ0v) is 18.9. The molecule has 1 amide bonds. The molecule has 0 saturated heterocycles. The number of anilines is 1. The molecule has 158 valence electrons. The van der Waals surface area contributed by atoms with Crippen molar-refractivity contribution < 1.29 is 9.53 Å². The lowest BCUT2D eigenvalue weighted by molar-refractivity contribution is -0.115. The van der Waals surface area contributed by atoms with E-state index in [0.29, 0.717) is 40.2 Å². The number of carbonyl (C=O) groups excluding carboxylic acids is 1. The number of halogens is 1. The number of thiophene rings is 1. The van der Waals surface area contributed by atoms with Crippen LogP contribution in [-0.2, 0) is 23.4 Å². The van der Waals surface area contributed by atoms with Gasteiger partial charge in [0.15, 0.2) is 0 Å². The summed E-state index contributed by atoms with van der Waals surface area (Å²) in [6, 6.07) is 5.09.